The standard InChI is InChI=1S/C11H14ClN3S/c1-7(2-3-13)11-14-5-9(15-11)8-4-10(12)16-6-8/h4-7H,2-3,13H2,1H3,(H,14,15). The zero-order valence-electron chi connectivity index (χ0n) is 9.03. The van der Waals surface area contributed by atoms with Gasteiger partial charge in [-0.3, -0.25) is 0 Å². The van der Waals surface area contributed by atoms with Crippen LogP contribution in [0, 0.1) is 0 Å². The summed E-state index contributed by atoms with van der Waals surface area (Å²) in [6, 6.07) is 1.94. The predicted molar refractivity (Wildman–Crippen MR) is 69.0 cm³/mol. The van der Waals surface area contributed by atoms with Gasteiger partial charge in [0.25, 0.3) is 0 Å². The molecular weight excluding hydrogens is 242 g/mol. The molecule has 0 spiro atoms. The van der Waals surface area contributed by atoms with Gasteiger partial charge in [-0.05, 0) is 19.0 Å². The number of nitrogens with two attached hydrogens (primary N) is 1. The van der Waals surface area contributed by atoms with Crippen LogP contribution in [0.5, 0.6) is 0 Å². The quantitative estimate of drug-likeness (QED) is 0.881. The maximum atomic E-state index is 5.90. The molecule has 5 heteroatoms. The highest BCUT2D eigenvalue weighted by Crippen LogP contribution is 2.28. The van der Waals surface area contributed by atoms with Crippen LogP contribution in [0.3, 0.4) is 0 Å². The van der Waals surface area contributed by atoms with Crippen molar-refractivity contribution in [3.05, 3.63) is 27.8 Å². The molecule has 86 valence electrons. The Balaban J connectivity index is 2.19. The highest BCUT2D eigenvalue weighted by Gasteiger charge is 2.10. The molecule has 0 aliphatic heterocycles. The molecule has 1 unspecified atom stereocenters. The average molecular weight is 256 g/mol. The van der Waals surface area contributed by atoms with Crippen LogP contribution < -0.4 is 5.73 Å². The molecule has 0 fully saturated rings. The fourth-order valence-corrected chi connectivity index (χ4v) is 2.45. The van der Waals surface area contributed by atoms with Crippen molar-refractivity contribution in [1.82, 2.24) is 9.97 Å². The molecule has 2 aromatic rings. The topological polar surface area (TPSA) is 54.7 Å². The molecule has 3 nitrogen and oxygen atoms in total. The number of nitrogens with one attached hydrogen (secondary N) is 1. The second-order valence-corrected chi connectivity index (χ2v) is 5.34. The summed E-state index contributed by atoms with van der Waals surface area (Å²) in [6.45, 7) is 2.80. The Hall–Kier alpha value is -0.840. The zero-order valence-corrected chi connectivity index (χ0v) is 10.6. The van der Waals surface area contributed by atoms with Crippen LogP contribution in [0.15, 0.2) is 17.6 Å². The lowest BCUT2D eigenvalue weighted by molar-refractivity contribution is 0.655. The molecule has 0 amide bonds. The van der Waals surface area contributed by atoms with Gasteiger partial charge in [0.15, 0.2) is 0 Å². The molecule has 1 atom stereocenters. The van der Waals surface area contributed by atoms with E-state index in [4.69, 9.17) is 17.3 Å². The summed E-state index contributed by atoms with van der Waals surface area (Å²) in [4.78, 5) is 7.68. The Bertz CT molecular complexity index is 463. The smallest absolute Gasteiger partial charge is 0.109 e. The molecule has 0 radical (unpaired) electrons. The van der Waals surface area contributed by atoms with E-state index in [1.807, 2.05) is 17.6 Å². The first-order valence-corrected chi connectivity index (χ1v) is 6.46. The molecule has 3 N–H and O–H groups in total. The summed E-state index contributed by atoms with van der Waals surface area (Å²) >= 11 is 7.42. The number of hydrogen-bond donors (Lipinski definition) is 2. The third-order valence-corrected chi connectivity index (χ3v) is 3.63. The van der Waals surface area contributed by atoms with Crippen molar-refractivity contribution in [2.45, 2.75) is 19.3 Å². The summed E-state index contributed by atoms with van der Waals surface area (Å²) in [7, 11) is 0. The number of aromatic nitrogens is 2. The van der Waals surface area contributed by atoms with Crippen LogP contribution in [0.25, 0.3) is 11.3 Å². The Morgan fingerprint density at radius 3 is 3.06 bits per heavy atom. The molecule has 0 bridgehead atoms. The third-order valence-electron chi connectivity index (χ3n) is 2.54. The SMILES string of the molecule is CC(CCN)c1ncc(-c2csc(Cl)c2)[nH]1. The fourth-order valence-electron chi connectivity index (χ4n) is 1.57. The number of nitrogens with zero attached hydrogens (tertiary/aromatic N) is 1. The Morgan fingerprint density at radius 1 is 1.62 bits per heavy atom. The molecule has 2 heterocycles. The molecule has 16 heavy (non-hydrogen) atoms. The molecule has 0 aliphatic rings. The van der Waals surface area contributed by atoms with Crippen LogP contribution in [0.2, 0.25) is 4.34 Å². The molecule has 0 aromatic carbocycles. The summed E-state index contributed by atoms with van der Waals surface area (Å²) in [6.07, 6.45) is 2.79. The van der Waals surface area contributed by atoms with Gasteiger partial charge in [0.2, 0.25) is 0 Å². The van der Waals surface area contributed by atoms with E-state index in [-0.39, 0.29) is 0 Å². The van der Waals surface area contributed by atoms with Crippen LogP contribution in [-0.4, -0.2) is 16.5 Å². The highest BCUT2D eigenvalue weighted by molar-refractivity contribution is 7.14. The van der Waals surface area contributed by atoms with Crippen molar-refractivity contribution in [3.8, 4) is 11.3 Å². The Morgan fingerprint density at radius 2 is 2.44 bits per heavy atom. The first kappa shape index (κ1) is 11.6. The second-order valence-electron chi connectivity index (χ2n) is 3.80. The van der Waals surface area contributed by atoms with Crippen molar-refractivity contribution >= 4 is 22.9 Å². The number of thiophene rings is 1. The van der Waals surface area contributed by atoms with Crippen molar-refractivity contribution in [1.29, 1.82) is 0 Å². The van der Waals surface area contributed by atoms with E-state index in [0.29, 0.717) is 12.5 Å². The maximum Gasteiger partial charge on any atom is 0.109 e. The number of hydrogen-bond acceptors (Lipinski definition) is 3. The van der Waals surface area contributed by atoms with E-state index in [0.717, 1.165) is 27.8 Å². The van der Waals surface area contributed by atoms with E-state index in [9.17, 15) is 0 Å². The first-order valence-electron chi connectivity index (χ1n) is 5.20. The van der Waals surface area contributed by atoms with Crippen LogP contribution in [0.1, 0.15) is 25.1 Å². The van der Waals surface area contributed by atoms with Crippen LogP contribution in [-0.2, 0) is 0 Å². The zero-order chi connectivity index (χ0) is 11.5. The van der Waals surface area contributed by atoms with Gasteiger partial charge >= 0.3 is 0 Å². The summed E-state index contributed by atoms with van der Waals surface area (Å²) in [5.41, 5.74) is 7.64. The van der Waals surface area contributed by atoms with E-state index in [1.165, 1.54) is 11.3 Å². The van der Waals surface area contributed by atoms with E-state index in [2.05, 4.69) is 16.9 Å². The molecule has 0 saturated heterocycles. The second kappa shape index (κ2) is 4.99. The molecule has 0 saturated carbocycles. The average Bonchev–Trinajstić information content (AvgIpc) is 2.85. The minimum Gasteiger partial charge on any atom is -0.342 e. The lowest BCUT2D eigenvalue weighted by Gasteiger charge is -2.05. The fraction of sp³-hybridized carbons (Fsp3) is 0.364. The third kappa shape index (κ3) is 2.45. The van der Waals surface area contributed by atoms with E-state index >= 15 is 0 Å². The normalized spacial score (nSPS) is 12.9. The summed E-state index contributed by atoms with van der Waals surface area (Å²) < 4.78 is 0.793. The minimum atomic E-state index is 0.368. The van der Waals surface area contributed by atoms with Gasteiger partial charge in [0.1, 0.15) is 5.82 Å². The number of aromatic amines is 1. The predicted octanol–water partition coefficient (Wildman–Crippen LogP) is 3.24. The Kier molecular flexibility index (Phi) is 3.63. The van der Waals surface area contributed by atoms with Crippen LogP contribution in [0.4, 0.5) is 0 Å². The lowest BCUT2D eigenvalue weighted by atomic mass is 10.1. The van der Waals surface area contributed by atoms with Crippen molar-refractivity contribution in [2.24, 2.45) is 5.73 Å². The van der Waals surface area contributed by atoms with Gasteiger partial charge in [-0.1, -0.05) is 18.5 Å². The molecule has 0 aliphatic carbocycles. The molecular formula is C11H14ClN3S. The molecule has 2 rings (SSSR count). The minimum absolute atomic E-state index is 0.368. The van der Waals surface area contributed by atoms with Crippen molar-refractivity contribution in [3.63, 3.8) is 0 Å². The van der Waals surface area contributed by atoms with E-state index in [1.54, 1.807) is 0 Å². The largest absolute Gasteiger partial charge is 0.342 e. The number of H-pyrrole nitrogens is 1. The van der Waals surface area contributed by atoms with Crippen molar-refractivity contribution < 1.29 is 0 Å². The number of rotatable bonds is 4. The van der Waals surface area contributed by atoms with E-state index < -0.39 is 0 Å². The van der Waals surface area contributed by atoms with Gasteiger partial charge in [0, 0.05) is 16.9 Å². The summed E-state index contributed by atoms with van der Waals surface area (Å²) in [5, 5.41) is 2.02. The maximum absolute atomic E-state index is 5.90. The lowest BCUT2D eigenvalue weighted by Crippen LogP contribution is -2.05. The summed E-state index contributed by atoms with van der Waals surface area (Å²) in [5.74, 6) is 1.36. The van der Waals surface area contributed by atoms with Gasteiger partial charge in [-0.25, -0.2) is 4.98 Å². The van der Waals surface area contributed by atoms with Crippen LogP contribution >= 0.6 is 22.9 Å². The van der Waals surface area contributed by atoms with Gasteiger partial charge in [-0.2, -0.15) is 0 Å². The van der Waals surface area contributed by atoms with Gasteiger partial charge in [-0.15, -0.1) is 11.3 Å². The number of halogens is 1. The number of imidazole rings is 1. The Labute approximate surface area is 104 Å². The van der Waals surface area contributed by atoms with Crippen molar-refractivity contribution in [2.75, 3.05) is 6.54 Å². The first-order chi connectivity index (χ1) is 7.70. The van der Waals surface area contributed by atoms with Gasteiger partial charge in [0.05, 0.1) is 16.2 Å². The monoisotopic (exact) mass is 255 g/mol. The highest BCUT2D eigenvalue weighted by atomic mass is 35.5. The van der Waals surface area contributed by atoms with Gasteiger partial charge < -0.3 is 10.7 Å². The molecule has 2 aromatic heterocycles.